The minimum atomic E-state index is -1.98. The third-order valence-corrected chi connectivity index (χ3v) is 8.87. The molecule has 1 amide bonds. The zero-order chi connectivity index (χ0) is 29.5. The molecule has 1 aromatic carbocycles. The number of esters is 1. The molecule has 5 heterocycles. The average Bonchev–Trinajstić information content (AvgIpc) is 3.59. The Labute approximate surface area is 237 Å². The van der Waals surface area contributed by atoms with Gasteiger partial charge in [-0.05, 0) is 48.9 Å². The van der Waals surface area contributed by atoms with Crippen LogP contribution in [0.5, 0.6) is 0 Å². The maximum atomic E-state index is 15.1. The van der Waals surface area contributed by atoms with E-state index in [1.807, 2.05) is 0 Å². The Hall–Kier alpha value is -4.49. The lowest BCUT2D eigenvalue weighted by Crippen LogP contribution is -2.44. The van der Waals surface area contributed by atoms with E-state index in [0.29, 0.717) is 46.6 Å². The maximum Gasteiger partial charge on any atom is 0.343 e. The Morgan fingerprint density at radius 3 is 2.83 bits per heavy atom. The van der Waals surface area contributed by atoms with E-state index in [2.05, 4.69) is 20.7 Å². The molecule has 13 heteroatoms. The molecule has 4 aromatic rings. The molecule has 7 rings (SSSR count). The molecule has 0 saturated carbocycles. The second-order valence-corrected chi connectivity index (χ2v) is 11.0. The van der Waals surface area contributed by atoms with Gasteiger partial charge in [0.1, 0.15) is 12.4 Å². The van der Waals surface area contributed by atoms with Gasteiger partial charge in [0, 0.05) is 35.6 Å². The van der Waals surface area contributed by atoms with E-state index in [0.717, 1.165) is 16.5 Å². The first kappa shape index (κ1) is 26.4. The van der Waals surface area contributed by atoms with Crippen LogP contribution in [-0.2, 0) is 41.1 Å². The second kappa shape index (κ2) is 9.26. The lowest BCUT2D eigenvalue weighted by Gasteiger charge is -2.31. The van der Waals surface area contributed by atoms with Crippen molar-refractivity contribution in [1.82, 2.24) is 30.3 Å². The molecule has 42 heavy (non-hydrogen) atoms. The van der Waals surface area contributed by atoms with Crippen molar-refractivity contribution in [3.05, 3.63) is 73.1 Å². The Bertz CT molecular complexity index is 1920. The van der Waals surface area contributed by atoms with E-state index in [-0.39, 0.29) is 49.4 Å². The summed E-state index contributed by atoms with van der Waals surface area (Å²) < 4.78 is 21.8. The van der Waals surface area contributed by atoms with E-state index in [4.69, 9.17) is 9.72 Å². The third-order valence-electron chi connectivity index (χ3n) is 8.87. The molecule has 2 atom stereocenters. The van der Waals surface area contributed by atoms with Crippen LogP contribution < -0.4 is 10.9 Å². The molecule has 4 N–H and O–H groups in total. The number of aliphatic hydroxyl groups excluding tert-OH is 1. The number of fused-ring (bicyclic) bond motifs is 5. The number of carbonyl (C=O) groups excluding carboxylic acids is 2. The van der Waals surface area contributed by atoms with Gasteiger partial charge in [-0.3, -0.25) is 9.59 Å². The molecular weight excluding hydrogens is 547 g/mol. The quantitative estimate of drug-likeness (QED) is 0.228. The molecule has 0 unspecified atom stereocenters. The van der Waals surface area contributed by atoms with Crippen molar-refractivity contribution in [1.29, 1.82) is 0 Å². The Morgan fingerprint density at radius 2 is 2.07 bits per heavy atom. The number of carbonyl (C=O) groups is 2. The van der Waals surface area contributed by atoms with Crippen LogP contribution in [0.3, 0.4) is 0 Å². The molecule has 216 valence electrons. The summed E-state index contributed by atoms with van der Waals surface area (Å²) in [7, 11) is 0. The van der Waals surface area contributed by atoms with Crippen molar-refractivity contribution in [2.24, 2.45) is 0 Å². The maximum absolute atomic E-state index is 15.1. The summed E-state index contributed by atoms with van der Waals surface area (Å²) in [5, 5.41) is 34.7. The van der Waals surface area contributed by atoms with Crippen LogP contribution in [0.15, 0.2) is 16.9 Å². The predicted molar refractivity (Wildman–Crippen MR) is 145 cm³/mol. The van der Waals surface area contributed by atoms with E-state index >= 15 is 4.39 Å². The van der Waals surface area contributed by atoms with Crippen molar-refractivity contribution in [3.8, 4) is 11.4 Å². The van der Waals surface area contributed by atoms with E-state index < -0.39 is 34.9 Å². The molecule has 3 aromatic heterocycles. The minimum Gasteiger partial charge on any atom is -0.458 e. The Kier molecular flexibility index (Phi) is 5.82. The van der Waals surface area contributed by atoms with Crippen LogP contribution in [-0.4, -0.2) is 53.7 Å². The zero-order valence-electron chi connectivity index (χ0n) is 22.9. The van der Waals surface area contributed by atoms with Crippen LogP contribution in [0.2, 0.25) is 0 Å². The fourth-order valence-corrected chi connectivity index (χ4v) is 6.64. The summed E-state index contributed by atoms with van der Waals surface area (Å²) in [6, 6.07) is 2.44. The molecule has 0 fully saturated rings. The number of H-pyrrole nitrogens is 1. The Morgan fingerprint density at radius 1 is 1.26 bits per heavy atom. The number of hydrogen-bond donors (Lipinski definition) is 4. The fraction of sp³-hybridized carbons (Fsp3) is 0.379. The largest absolute Gasteiger partial charge is 0.458 e. The Balaban J connectivity index is 1.44. The minimum absolute atomic E-state index is 0.00720. The van der Waals surface area contributed by atoms with Crippen molar-refractivity contribution >= 4 is 22.8 Å². The number of aromatic amines is 1. The van der Waals surface area contributed by atoms with Gasteiger partial charge in [-0.25, -0.2) is 14.2 Å². The van der Waals surface area contributed by atoms with Gasteiger partial charge in [-0.2, -0.15) is 15.4 Å². The topological polar surface area (TPSA) is 172 Å². The summed E-state index contributed by atoms with van der Waals surface area (Å²) in [5.41, 5.74) is 2.33. The molecule has 2 aliphatic heterocycles. The number of pyridine rings is 2. The van der Waals surface area contributed by atoms with Gasteiger partial charge in [0.25, 0.3) is 11.5 Å². The average molecular weight is 575 g/mol. The van der Waals surface area contributed by atoms with Crippen LogP contribution in [0.25, 0.3) is 22.3 Å². The number of amides is 1. The van der Waals surface area contributed by atoms with Crippen molar-refractivity contribution < 1.29 is 28.9 Å². The molecule has 12 nitrogen and oxygen atoms in total. The number of aromatic nitrogens is 5. The first-order valence-corrected chi connectivity index (χ1v) is 13.8. The second-order valence-electron chi connectivity index (χ2n) is 11.0. The molecule has 0 spiro atoms. The third kappa shape index (κ3) is 3.53. The number of ether oxygens (including phenoxy) is 1. The van der Waals surface area contributed by atoms with E-state index in [1.54, 1.807) is 19.9 Å². The number of aliphatic hydroxyl groups is 2. The predicted octanol–water partition coefficient (Wildman–Crippen LogP) is 1.60. The van der Waals surface area contributed by atoms with Gasteiger partial charge in [0.05, 0.1) is 40.7 Å². The first-order chi connectivity index (χ1) is 20.2. The summed E-state index contributed by atoms with van der Waals surface area (Å²) in [4.78, 5) is 44.5. The highest BCUT2D eigenvalue weighted by Crippen LogP contribution is 2.46. The zero-order valence-corrected chi connectivity index (χ0v) is 22.9. The van der Waals surface area contributed by atoms with Crippen molar-refractivity contribution in [3.63, 3.8) is 0 Å². The van der Waals surface area contributed by atoms with E-state index in [1.165, 1.54) is 10.6 Å². The highest BCUT2D eigenvalue weighted by molar-refractivity contribution is 5.96. The summed E-state index contributed by atoms with van der Waals surface area (Å²) in [6.45, 7) is 3.02. The van der Waals surface area contributed by atoms with Gasteiger partial charge in [0.2, 0.25) is 0 Å². The van der Waals surface area contributed by atoms with Gasteiger partial charge < -0.3 is 24.8 Å². The number of hydrogen-bond acceptors (Lipinski definition) is 9. The number of halogens is 1. The highest BCUT2D eigenvalue weighted by Gasteiger charge is 2.46. The summed E-state index contributed by atoms with van der Waals surface area (Å²) in [5.74, 6) is -1.71. The summed E-state index contributed by atoms with van der Waals surface area (Å²) in [6.07, 6.45) is 1.11. The number of nitrogens with one attached hydrogen (secondary N) is 2. The number of nitrogens with zero attached hydrogens (tertiary/aromatic N) is 4. The number of benzene rings is 1. The van der Waals surface area contributed by atoms with Crippen LogP contribution in [0.4, 0.5) is 4.39 Å². The number of cyclic esters (lactones) is 1. The first-order valence-electron chi connectivity index (χ1n) is 13.8. The summed E-state index contributed by atoms with van der Waals surface area (Å²) >= 11 is 0. The van der Waals surface area contributed by atoms with E-state index in [9.17, 15) is 24.6 Å². The molecular formula is C29H27FN6O6. The number of rotatable bonds is 5. The van der Waals surface area contributed by atoms with Gasteiger partial charge in [-0.1, -0.05) is 6.92 Å². The van der Waals surface area contributed by atoms with Gasteiger partial charge in [0.15, 0.2) is 11.3 Å². The molecule has 1 aliphatic carbocycles. The molecule has 0 bridgehead atoms. The lowest BCUT2D eigenvalue weighted by molar-refractivity contribution is -0.172. The molecule has 3 aliphatic rings. The smallest absolute Gasteiger partial charge is 0.343 e. The van der Waals surface area contributed by atoms with Gasteiger partial charge >= 0.3 is 5.97 Å². The standard InChI is InChI=1S/C29H27FN6O6/c1-3-29(41)16-8-21-24-14(10-36(21)27(39)15(16)11-42-28(29)40)23-18(32-26(38)25-19(6-7-37)33-35-34-25)5-4-13-12(2)17(30)9-20(31-24)22(13)23/h8-9,18,37,41H,3-7,10-11H2,1-2H3,(H,32,38)(H,33,34,35)/t18-,29-/m0/s1. The fourth-order valence-electron chi connectivity index (χ4n) is 6.64. The van der Waals surface area contributed by atoms with Crippen LogP contribution in [0.1, 0.15) is 75.4 Å². The van der Waals surface area contributed by atoms with Crippen LogP contribution in [0, 0.1) is 12.7 Å². The molecule has 0 saturated heterocycles. The normalized spacial score (nSPS) is 20.2. The molecule has 0 radical (unpaired) electrons. The van der Waals surface area contributed by atoms with Crippen molar-refractivity contribution in [2.75, 3.05) is 6.61 Å². The highest BCUT2D eigenvalue weighted by atomic mass is 19.1. The lowest BCUT2D eigenvalue weighted by atomic mass is 9.81. The van der Waals surface area contributed by atoms with Crippen molar-refractivity contribution in [2.45, 2.75) is 64.3 Å². The van der Waals surface area contributed by atoms with Crippen LogP contribution >= 0.6 is 0 Å². The SMILES string of the molecule is CC[C@@]1(O)C(=O)OCc2c1cc1n(c2=O)Cc2c-1nc1cc(F)c(C)c3c1c2[C@@H](NC(=O)c1n[nH]nc1CCO)CC3. The van der Waals surface area contributed by atoms with Gasteiger partial charge in [-0.15, -0.1) is 0 Å². The number of aryl methyl sites for hydroxylation is 1. The monoisotopic (exact) mass is 574 g/mol.